The summed E-state index contributed by atoms with van der Waals surface area (Å²) < 4.78 is 28.0. The number of nitrogens with two attached hydrogens (primary N) is 1. The van der Waals surface area contributed by atoms with Crippen LogP contribution in [0.5, 0.6) is 0 Å². The highest BCUT2D eigenvalue weighted by molar-refractivity contribution is 7.89. The first-order valence-corrected chi connectivity index (χ1v) is 10.4. The molecule has 1 aliphatic heterocycles. The first-order chi connectivity index (χ1) is 13.0. The molecular formula is C20H21N3O3S. The molecule has 1 aromatic heterocycles. The number of benzene rings is 2. The zero-order valence-corrected chi connectivity index (χ0v) is 15.5. The van der Waals surface area contributed by atoms with Gasteiger partial charge in [0.2, 0.25) is 10.0 Å². The maximum absolute atomic E-state index is 13.3. The van der Waals surface area contributed by atoms with Crippen LogP contribution in [0.1, 0.15) is 24.3 Å². The lowest BCUT2D eigenvalue weighted by Crippen LogP contribution is -2.50. The molecule has 0 radical (unpaired) electrons. The lowest BCUT2D eigenvalue weighted by atomic mass is 9.89. The van der Waals surface area contributed by atoms with Gasteiger partial charge in [0, 0.05) is 23.5 Å². The van der Waals surface area contributed by atoms with Crippen molar-refractivity contribution in [3.63, 3.8) is 0 Å². The first kappa shape index (κ1) is 17.9. The molecule has 0 bridgehead atoms. The molecule has 3 aromatic rings. The van der Waals surface area contributed by atoms with E-state index in [-0.39, 0.29) is 16.4 Å². The fourth-order valence-electron chi connectivity index (χ4n) is 3.85. The minimum Gasteiger partial charge on any atom is -0.329 e. The van der Waals surface area contributed by atoms with Gasteiger partial charge in [-0.3, -0.25) is 4.79 Å². The third kappa shape index (κ3) is 3.18. The van der Waals surface area contributed by atoms with Crippen LogP contribution in [0.4, 0.5) is 0 Å². The Bertz CT molecular complexity index is 1130. The van der Waals surface area contributed by atoms with Crippen molar-refractivity contribution >= 4 is 20.8 Å². The molecule has 7 heteroatoms. The fraction of sp³-hybridized carbons (Fsp3) is 0.250. The summed E-state index contributed by atoms with van der Waals surface area (Å²) in [5.41, 5.74) is 7.16. The van der Waals surface area contributed by atoms with E-state index in [1.54, 1.807) is 18.2 Å². The van der Waals surface area contributed by atoms with Gasteiger partial charge in [-0.05, 0) is 42.5 Å². The van der Waals surface area contributed by atoms with Crippen molar-refractivity contribution in [2.45, 2.75) is 29.8 Å². The van der Waals surface area contributed by atoms with E-state index in [1.807, 2.05) is 18.2 Å². The van der Waals surface area contributed by atoms with Crippen LogP contribution in [0.25, 0.3) is 10.8 Å². The molecule has 3 N–H and O–H groups in total. The zero-order chi connectivity index (χ0) is 19.0. The summed E-state index contributed by atoms with van der Waals surface area (Å²) in [6.07, 6.45) is 2.13. The average Bonchev–Trinajstić information content (AvgIpc) is 2.68. The van der Waals surface area contributed by atoms with Crippen molar-refractivity contribution in [2.75, 3.05) is 6.54 Å². The normalized spacial score (nSPS) is 21.4. The second-order valence-electron chi connectivity index (χ2n) is 6.84. The number of pyridine rings is 1. The average molecular weight is 383 g/mol. The van der Waals surface area contributed by atoms with Crippen LogP contribution in [-0.4, -0.2) is 30.4 Å². The molecule has 4 rings (SSSR count). The van der Waals surface area contributed by atoms with E-state index in [4.69, 9.17) is 5.73 Å². The molecule has 2 heterocycles. The summed E-state index contributed by atoms with van der Waals surface area (Å²) in [4.78, 5) is 14.7. The van der Waals surface area contributed by atoms with Crippen LogP contribution < -0.4 is 11.3 Å². The largest absolute Gasteiger partial charge is 0.329 e. The molecule has 1 aliphatic rings. The Balaban J connectivity index is 1.68. The monoisotopic (exact) mass is 383 g/mol. The molecule has 0 spiro atoms. The van der Waals surface area contributed by atoms with Crippen molar-refractivity contribution in [1.82, 2.24) is 9.29 Å². The summed E-state index contributed by atoms with van der Waals surface area (Å²) >= 11 is 0. The molecule has 0 aliphatic carbocycles. The Labute approximate surface area is 157 Å². The number of nitrogens with zero attached hydrogens (tertiary/aromatic N) is 1. The van der Waals surface area contributed by atoms with Gasteiger partial charge in [0.15, 0.2) is 0 Å². The van der Waals surface area contributed by atoms with E-state index in [0.29, 0.717) is 30.2 Å². The van der Waals surface area contributed by atoms with E-state index in [1.165, 1.54) is 22.1 Å². The van der Waals surface area contributed by atoms with Crippen molar-refractivity contribution in [1.29, 1.82) is 0 Å². The predicted molar refractivity (Wildman–Crippen MR) is 105 cm³/mol. The van der Waals surface area contributed by atoms with Crippen LogP contribution in [0.15, 0.2) is 70.5 Å². The number of hydrogen-bond acceptors (Lipinski definition) is 4. The van der Waals surface area contributed by atoms with Crippen LogP contribution in [0.2, 0.25) is 0 Å². The number of H-pyrrole nitrogens is 1. The van der Waals surface area contributed by atoms with Crippen molar-refractivity contribution in [3.05, 3.63) is 76.7 Å². The number of aromatic amines is 1. The van der Waals surface area contributed by atoms with Gasteiger partial charge in [-0.25, -0.2) is 8.42 Å². The Kier molecular flexibility index (Phi) is 4.59. The Morgan fingerprint density at radius 2 is 1.78 bits per heavy atom. The smallest absolute Gasteiger partial charge is 0.255 e. The number of sulfonamides is 1. The molecule has 1 saturated heterocycles. The van der Waals surface area contributed by atoms with Crippen LogP contribution in [0, 0.1) is 0 Å². The summed E-state index contributed by atoms with van der Waals surface area (Å²) in [6, 6.07) is 16.4. The van der Waals surface area contributed by atoms with Gasteiger partial charge in [0.05, 0.1) is 11.1 Å². The predicted octanol–water partition coefficient (Wildman–Crippen LogP) is 2.38. The van der Waals surface area contributed by atoms with Gasteiger partial charge in [-0.15, -0.1) is 0 Å². The number of rotatable bonds is 3. The Morgan fingerprint density at radius 3 is 2.52 bits per heavy atom. The van der Waals surface area contributed by atoms with Gasteiger partial charge < -0.3 is 10.7 Å². The van der Waals surface area contributed by atoms with Gasteiger partial charge >= 0.3 is 0 Å². The van der Waals surface area contributed by atoms with Gasteiger partial charge in [0.1, 0.15) is 0 Å². The molecule has 27 heavy (non-hydrogen) atoms. The number of fused-ring (bicyclic) bond motifs is 1. The highest BCUT2D eigenvalue weighted by Crippen LogP contribution is 2.34. The van der Waals surface area contributed by atoms with Crippen LogP contribution >= 0.6 is 0 Å². The van der Waals surface area contributed by atoms with E-state index < -0.39 is 16.2 Å². The Hall–Kier alpha value is -2.48. The third-order valence-electron chi connectivity index (χ3n) is 5.23. The van der Waals surface area contributed by atoms with E-state index >= 15 is 0 Å². The molecule has 2 atom stereocenters. The quantitative estimate of drug-likeness (QED) is 0.726. The van der Waals surface area contributed by atoms with E-state index in [2.05, 4.69) is 17.1 Å². The number of piperidine rings is 1. The summed E-state index contributed by atoms with van der Waals surface area (Å²) in [5.74, 6) is 0.239. The molecule has 140 valence electrons. The number of aromatic nitrogens is 1. The molecule has 0 amide bonds. The molecule has 0 saturated carbocycles. The zero-order valence-electron chi connectivity index (χ0n) is 14.7. The third-order valence-corrected chi connectivity index (χ3v) is 7.21. The summed E-state index contributed by atoms with van der Waals surface area (Å²) in [6.45, 7) is 0.350. The van der Waals surface area contributed by atoms with Gasteiger partial charge in [-0.2, -0.15) is 4.31 Å². The van der Waals surface area contributed by atoms with Crippen molar-refractivity contribution in [2.24, 2.45) is 5.73 Å². The number of hydrogen-bond donors (Lipinski definition) is 2. The summed E-state index contributed by atoms with van der Waals surface area (Å²) in [7, 11) is -3.80. The summed E-state index contributed by atoms with van der Waals surface area (Å²) in [5, 5.41) is 0.768. The lowest BCUT2D eigenvalue weighted by molar-refractivity contribution is 0.236. The second-order valence-corrected chi connectivity index (χ2v) is 8.70. The lowest BCUT2D eigenvalue weighted by Gasteiger charge is -2.36. The maximum atomic E-state index is 13.3. The SMILES string of the molecule is NC1CC(c2ccccc2)CCN1S(=O)(=O)c1cccc2c(=O)[nH]ccc12. The standard InChI is InChI=1S/C20H21N3O3S/c21-19-13-15(14-5-2-1-3-6-14)10-12-23(19)27(25,26)18-8-4-7-17-16(18)9-11-22-20(17)24/h1-9,11,15,19H,10,12-13,21H2,(H,22,24). The fourth-order valence-corrected chi connectivity index (χ4v) is 5.59. The van der Waals surface area contributed by atoms with E-state index in [9.17, 15) is 13.2 Å². The Morgan fingerprint density at radius 1 is 1.00 bits per heavy atom. The van der Waals surface area contributed by atoms with Gasteiger partial charge in [-0.1, -0.05) is 36.4 Å². The minimum absolute atomic E-state index is 0.125. The topological polar surface area (TPSA) is 96.3 Å². The molecule has 2 aromatic carbocycles. The highest BCUT2D eigenvalue weighted by Gasteiger charge is 2.36. The maximum Gasteiger partial charge on any atom is 0.255 e. The van der Waals surface area contributed by atoms with Crippen LogP contribution in [0.3, 0.4) is 0 Å². The minimum atomic E-state index is -3.80. The van der Waals surface area contributed by atoms with Crippen molar-refractivity contribution in [3.8, 4) is 0 Å². The number of nitrogens with one attached hydrogen (secondary N) is 1. The second kappa shape index (κ2) is 6.92. The van der Waals surface area contributed by atoms with Gasteiger partial charge in [0.25, 0.3) is 5.56 Å². The van der Waals surface area contributed by atoms with Crippen molar-refractivity contribution < 1.29 is 8.42 Å². The van der Waals surface area contributed by atoms with Crippen LogP contribution in [-0.2, 0) is 10.0 Å². The first-order valence-electron chi connectivity index (χ1n) is 8.91. The molecule has 2 unspecified atom stereocenters. The van der Waals surface area contributed by atoms with E-state index in [0.717, 1.165) is 0 Å². The molecule has 6 nitrogen and oxygen atoms in total. The molecule has 1 fully saturated rings. The highest BCUT2D eigenvalue weighted by atomic mass is 32.2. The molecular weight excluding hydrogens is 362 g/mol.